The molecule has 0 radical (unpaired) electrons. The Hall–Kier alpha value is -3.65. The normalized spacial score (nSPS) is 10.7. The Labute approximate surface area is 184 Å². The minimum absolute atomic E-state index is 0.122. The predicted octanol–water partition coefficient (Wildman–Crippen LogP) is 6.55. The summed E-state index contributed by atoms with van der Waals surface area (Å²) in [5.41, 5.74) is 4.06. The molecule has 0 amide bonds. The average molecular weight is 407 g/mol. The second-order valence-corrected chi connectivity index (χ2v) is 7.71. The summed E-state index contributed by atoms with van der Waals surface area (Å²) in [6, 6.07) is 38.1. The molecule has 0 N–H and O–H groups in total. The molecular formula is C29H26O2. The maximum atomic E-state index is 13.7. The van der Waals surface area contributed by atoms with Gasteiger partial charge < -0.3 is 4.74 Å². The Balaban J connectivity index is 1.58. The van der Waals surface area contributed by atoms with Gasteiger partial charge in [-0.2, -0.15) is 0 Å². The van der Waals surface area contributed by atoms with Gasteiger partial charge in [0, 0.05) is 5.92 Å². The predicted molar refractivity (Wildman–Crippen MR) is 125 cm³/mol. The van der Waals surface area contributed by atoms with Crippen LogP contribution in [-0.2, 0) is 19.4 Å². The second-order valence-electron chi connectivity index (χ2n) is 7.71. The van der Waals surface area contributed by atoms with Crippen molar-refractivity contribution in [3.63, 3.8) is 0 Å². The quantitative estimate of drug-likeness (QED) is 0.295. The molecule has 0 fully saturated rings. The van der Waals surface area contributed by atoms with Crippen LogP contribution in [0.2, 0.25) is 0 Å². The van der Waals surface area contributed by atoms with E-state index in [1.54, 1.807) is 0 Å². The van der Waals surface area contributed by atoms with E-state index < -0.39 is 0 Å². The summed E-state index contributed by atoms with van der Waals surface area (Å²) in [6.45, 7) is 0.438. The smallest absolute Gasteiger partial charge is 0.170 e. The second kappa shape index (κ2) is 10.4. The number of ether oxygens (including phenoxy) is 1. The molecule has 0 spiro atoms. The van der Waals surface area contributed by atoms with E-state index >= 15 is 0 Å². The lowest BCUT2D eigenvalue weighted by Crippen LogP contribution is -2.21. The number of rotatable bonds is 9. The van der Waals surface area contributed by atoms with E-state index in [2.05, 4.69) is 24.3 Å². The first kappa shape index (κ1) is 20.6. The molecular weight excluding hydrogens is 380 g/mol. The topological polar surface area (TPSA) is 26.3 Å². The van der Waals surface area contributed by atoms with Crippen molar-refractivity contribution in [2.24, 2.45) is 5.92 Å². The molecule has 0 aliphatic heterocycles. The van der Waals surface area contributed by atoms with Crippen LogP contribution in [-0.4, -0.2) is 5.78 Å². The molecule has 4 aromatic carbocycles. The van der Waals surface area contributed by atoms with Crippen LogP contribution in [0.5, 0.6) is 5.75 Å². The minimum atomic E-state index is -0.161. The summed E-state index contributed by atoms with van der Waals surface area (Å²) < 4.78 is 6.07. The van der Waals surface area contributed by atoms with E-state index in [0.29, 0.717) is 30.8 Å². The Bertz CT molecular complexity index is 1050. The van der Waals surface area contributed by atoms with Crippen LogP contribution in [0, 0.1) is 5.92 Å². The average Bonchev–Trinajstić information content (AvgIpc) is 2.84. The summed E-state index contributed by atoms with van der Waals surface area (Å²) in [4.78, 5) is 13.7. The van der Waals surface area contributed by atoms with Gasteiger partial charge in [0.25, 0.3) is 0 Å². The zero-order valence-electron chi connectivity index (χ0n) is 17.5. The fraction of sp³-hybridized carbons (Fsp3) is 0.138. The van der Waals surface area contributed by atoms with Crippen molar-refractivity contribution < 1.29 is 9.53 Å². The first-order valence-electron chi connectivity index (χ1n) is 10.7. The third kappa shape index (κ3) is 5.70. The fourth-order valence-corrected chi connectivity index (χ4v) is 3.81. The lowest BCUT2D eigenvalue weighted by Gasteiger charge is -2.19. The van der Waals surface area contributed by atoms with Crippen molar-refractivity contribution in [1.29, 1.82) is 0 Å². The van der Waals surface area contributed by atoms with Crippen molar-refractivity contribution in [3.05, 3.63) is 138 Å². The van der Waals surface area contributed by atoms with Gasteiger partial charge >= 0.3 is 0 Å². The summed E-state index contributed by atoms with van der Waals surface area (Å²) in [5.74, 6) is 0.602. The largest absolute Gasteiger partial charge is 0.488 e. The van der Waals surface area contributed by atoms with Crippen LogP contribution in [0.25, 0.3) is 0 Å². The van der Waals surface area contributed by atoms with Crippen LogP contribution in [0.3, 0.4) is 0 Å². The number of ketones is 1. The van der Waals surface area contributed by atoms with Gasteiger partial charge in [-0.25, -0.2) is 0 Å². The Morgan fingerprint density at radius 3 is 1.58 bits per heavy atom. The van der Waals surface area contributed by atoms with E-state index in [1.165, 1.54) is 11.1 Å². The van der Waals surface area contributed by atoms with Gasteiger partial charge in [0.05, 0.1) is 5.56 Å². The fourth-order valence-electron chi connectivity index (χ4n) is 3.81. The third-order valence-corrected chi connectivity index (χ3v) is 5.41. The summed E-state index contributed by atoms with van der Waals surface area (Å²) in [5, 5.41) is 0. The van der Waals surface area contributed by atoms with E-state index in [1.807, 2.05) is 91.0 Å². The van der Waals surface area contributed by atoms with Crippen molar-refractivity contribution in [3.8, 4) is 5.75 Å². The van der Waals surface area contributed by atoms with Gasteiger partial charge in [-0.15, -0.1) is 0 Å². The highest BCUT2D eigenvalue weighted by atomic mass is 16.5. The van der Waals surface area contributed by atoms with Crippen LogP contribution in [0.4, 0.5) is 0 Å². The van der Waals surface area contributed by atoms with Crippen molar-refractivity contribution >= 4 is 5.78 Å². The zero-order chi connectivity index (χ0) is 21.3. The molecule has 0 aliphatic rings. The maximum Gasteiger partial charge on any atom is 0.170 e. The highest BCUT2D eigenvalue weighted by molar-refractivity contribution is 6.00. The molecule has 0 saturated carbocycles. The van der Waals surface area contributed by atoms with Crippen LogP contribution >= 0.6 is 0 Å². The van der Waals surface area contributed by atoms with Gasteiger partial charge in [-0.1, -0.05) is 103 Å². The van der Waals surface area contributed by atoms with Crippen molar-refractivity contribution in [2.75, 3.05) is 0 Å². The lowest BCUT2D eigenvalue weighted by molar-refractivity contribution is 0.0913. The molecule has 4 rings (SSSR count). The molecule has 0 saturated heterocycles. The van der Waals surface area contributed by atoms with Crippen molar-refractivity contribution in [1.82, 2.24) is 0 Å². The summed E-state index contributed by atoms with van der Waals surface area (Å²) >= 11 is 0. The molecule has 0 aromatic heterocycles. The molecule has 0 heterocycles. The van der Waals surface area contributed by atoms with Gasteiger partial charge in [0.2, 0.25) is 0 Å². The lowest BCUT2D eigenvalue weighted by atomic mass is 9.86. The van der Waals surface area contributed by atoms with E-state index in [0.717, 1.165) is 5.56 Å². The first-order chi connectivity index (χ1) is 15.3. The monoisotopic (exact) mass is 406 g/mol. The first-order valence-corrected chi connectivity index (χ1v) is 10.7. The van der Waals surface area contributed by atoms with Crippen LogP contribution in [0.1, 0.15) is 27.0 Å². The molecule has 2 heteroatoms. The zero-order valence-corrected chi connectivity index (χ0v) is 17.5. The van der Waals surface area contributed by atoms with E-state index in [9.17, 15) is 4.79 Å². The molecule has 0 unspecified atom stereocenters. The van der Waals surface area contributed by atoms with Gasteiger partial charge in [0.15, 0.2) is 5.78 Å². The number of Topliss-reactive ketones (excluding diaryl/α,β-unsaturated/α-hetero) is 1. The SMILES string of the molecule is O=C(c1ccccc1OCc1ccccc1)C(Cc1ccccc1)Cc1ccccc1. The molecule has 0 aliphatic carbocycles. The van der Waals surface area contributed by atoms with Gasteiger partial charge in [-0.05, 0) is 41.7 Å². The highest BCUT2D eigenvalue weighted by Crippen LogP contribution is 2.26. The van der Waals surface area contributed by atoms with Gasteiger partial charge in [-0.3, -0.25) is 4.79 Å². The molecule has 0 bridgehead atoms. The van der Waals surface area contributed by atoms with Crippen LogP contribution < -0.4 is 4.74 Å². The Kier molecular flexibility index (Phi) is 6.92. The Morgan fingerprint density at radius 1 is 0.581 bits per heavy atom. The van der Waals surface area contributed by atoms with Crippen LogP contribution in [0.15, 0.2) is 115 Å². The van der Waals surface area contributed by atoms with E-state index in [4.69, 9.17) is 4.74 Å². The standard InChI is InChI=1S/C29H26O2/c30-29(27-18-10-11-19-28(27)31-22-25-16-8-3-9-17-25)26(20-23-12-4-1-5-13-23)21-24-14-6-2-7-15-24/h1-19,26H,20-22H2. The number of hydrogen-bond acceptors (Lipinski definition) is 2. The number of para-hydroxylation sites is 1. The van der Waals surface area contributed by atoms with Crippen molar-refractivity contribution in [2.45, 2.75) is 19.4 Å². The molecule has 154 valence electrons. The van der Waals surface area contributed by atoms with Gasteiger partial charge in [0.1, 0.15) is 12.4 Å². The molecule has 0 atom stereocenters. The summed E-state index contributed by atoms with van der Waals surface area (Å²) in [7, 11) is 0. The number of carbonyl (C=O) groups excluding carboxylic acids is 1. The number of hydrogen-bond donors (Lipinski definition) is 0. The maximum absolute atomic E-state index is 13.7. The van der Waals surface area contributed by atoms with E-state index in [-0.39, 0.29) is 11.7 Å². The molecule has 31 heavy (non-hydrogen) atoms. The third-order valence-electron chi connectivity index (χ3n) is 5.41. The highest BCUT2D eigenvalue weighted by Gasteiger charge is 2.24. The Morgan fingerprint density at radius 2 is 1.03 bits per heavy atom. The molecule has 2 nitrogen and oxygen atoms in total. The molecule has 4 aromatic rings. The summed E-state index contributed by atoms with van der Waals surface area (Å²) in [6.07, 6.45) is 1.39. The minimum Gasteiger partial charge on any atom is -0.488 e. The number of carbonyl (C=O) groups is 1. The number of benzene rings is 4.